The van der Waals surface area contributed by atoms with E-state index < -0.39 is 10.0 Å². The van der Waals surface area contributed by atoms with Gasteiger partial charge in [-0.25, -0.2) is 8.42 Å². The first kappa shape index (κ1) is 16.0. The summed E-state index contributed by atoms with van der Waals surface area (Å²) in [4.78, 5) is 0.272. The van der Waals surface area contributed by atoms with Crippen LogP contribution in [-0.2, 0) is 10.0 Å². The molecular weight excluding hydrogens is 286 g/mol. The molecule has 21 heavy (non-hydrogen) atoms. The lowest BCUT2D eigenvalue weighted by molar-refractivity contribution is 0.192. The normalized spacial score (nSPS) is 23.7. The molecule has 1 saturated heterocycles. The lowest BCUT2D eigenvalue weighted by Crippen LogP contribution is -2.51. The van der Waals surface area contributed by atoms with Gasteiger partial charge in [0.1, 0.15) is 0 Å². The van der Waals surface area contributed by atoms with Crippen molar-refractivity contribution < 1.29 is 8.42 Å². The van der Waals surface area contributed by atoms with Crippen LogP contribution in [-0.4, -0.2) is 31.9 Å². The van der Waals surface area contributed by atoms with Gasteiger partial charge in [0.05, 0.1) is 16.5 Å². The van der Waals surface area contributed by atoms with Crippen LogP contribution in [0.2, 0.25) is 0 Å². The van der Waals surface area contributed by atoms with Gasteiger partial charge in [0.2, 0.25) is 10.0 Å². The number of piperidine rings is 1. The highest BCUT2D eigenvalue weighted by atomic mass is 32.2. The first-order valence-electron chi connectivity index (χ1n) is 7.14. The molecule has 0 amide bonds. The van der Waals surface area contributed by atoms with Crippen LogP contribution in [0.1, 0.15) is 30.9 Å². The van der Waals surface area contributed by atoms with Crippen molar-refractivity contribution in [3.8, 4) is 6.07 Å². The van der Waals surface area contributed by atoms with Gasteiger partial charge in [0, 0.05) is 19.1 Å². The number of aryl methyl sites for hydroxylation is 1. The largest absolute Gasteiger partial charge is 0.329 e. The van der Waals surface area contributed by atoms with Crippen LogP contribution in [0, 0.1) is 24.2 Å². The SMILES string of the molecule is Cc1cc(C#N)ccc1S(=O)(=O)N1CCC[C@H](C)[C@@H]1CN. The molecule has 1 aliphatic heterocycles. The number of sulfonamides is 1. The summed E-state index contributed by atoms with van der Waals surface area (Å²) in [5, 5.41) is 8.89. The Labute approximate surface area is 126 Å². The van der Waals surface area contributed by atoms with E-state index in [1.54, 1.807) is 19.1 Å². The van der Waals surface area contributed by atoms with E-state index in [0.717, 1.165) is 12.8 Å². The summed E-state index contributed by atoms with van der Waals surface area (Å²) < 4.78 is 27.4. The zero-order chi connectivity index (χ0) is 15.6. The highest BCUT2D eigenvalue weighted by molar-refractivity contribution is 7.89. The van der Waals surface area contributed by atoms with Gasteiger partial charge >= 0.3 is 0 Å². The average molecular weight is 307 g/mol. The molecule has 1 fully saturated rings. The molecule has 1 aromatic rings. The Balaban J connectivity index is 2.44. The number of hydrogen-bond acceptors (Lipinski definition) is 4. The molecule has 0 aromatic heterocycles. The number of nitriles is 1. The number of rotatable bonds is 3. The van der Waals surface area contributed by atoms with Crippen LogP contribution in [0.3, 0.4) is 0 Å². The second-order valence-electron chi connectivity index (χ2n) is 5.63. The first-order valence-corrected chi connectivity index (χ1v) is 8.58. The Hall–Kier alpha value is -1.42. The fourth-order valence-corrected chi connectivity index (χ4v) is 4.97. The number of nitrogens with zero attached hydrogens (tertiary/aromatic N) is 2. The third-order valence-electron chi connectivity index (χ3n) is 4.20. The van der Waals surface area contributed by atoms with E-state index in [-0.39, 0.29) is 16.9 Å². The van der Waals surface area contributed by atoms with Crippen molar-refractivity contribution >= 4 is 10.0 Å². The first-order chi connectivity index (χ1) is 9.91. The van der Waals surface area contributed by atoms with Crippen LogP contribution in [0.5, 0.6) is 0 Å². The molecular formula is C15H21N3O2S. The minimum Gasteiger partial charge on any atom is -0.329 e. The minimum absolute atomic E-state index is 0.154. The number of hydrogen-bond donors (Lipinski definition) is 1. The third-order valence-corrected chi connectivity index (χ3v) is 6.28. The molecule has 0 saturated carbocycles. The lowest BCUT2D eigenvalue weighted by Gasteiger charge is -2.38. The van der Waals surface area contributed by atoms with Crippen molar-refractivity contribution in [2.24, 2.45) is 11.7 Å². The molecule has 5 nitrogen and oxygen atoms in total. The molecule has 114 valence electrons. The van der Waals surface area contributed by atoms with Crippen molar-refractivity contribution in [1.82, 2.24) is 4.31 Å². The predicted octanol–water partition coefficient (Wildman–Crippen LogP) is 1.61. The van der Waals surface area contributed by atoms with Crippen LogP contribution in [0.25, 0.3) is 0 Å². The molecule has 0 radical (unpaired) electrons. The molecule has 1 aromatic carbocycles. The molecule has 2 atom stereocenters. The molecule has 0 unspecified atom stereocenters. The standard InChI is InChI=1S/C15H21N3O2S/c1-11-4-3-7-18(14(11)10-17)21(19,20)15-6-5-13(9-16)8-12(15)2/h5-6,8,11,14H,3-4,7,10,17H2,1-2H3/t11-,14-/m0/s1. The van der Waals surface area contributed by atoms with Crippen molar-refractivity contribution in [2.75, 3.05) is 13.1 Å². The summed E-state index contributed by atoms with van der Waals surface area (Å²) in [6.07, 6.45) is 1.85. The fraction of sp³-hybridized carbons (Fsp3) is 0.533. The molecule has 2 N–H and O–H groups in total. The molecule has 1 heterocycles. The third kappa shape index (κ3) is 2.95. The number of benzene rings is 1. The summed E-state index contributed by atoms with van der Waals surface area (Å²) in [7, 11) is -3.57. The zero-order valence-electron chi connectivity index (χ0n) is 12.4. The van der Waals surface area contributed by atoms with E-state index in [1.165, 1.54) is 10.4 Å². The maximum absolute atomic E-state index is 12.9. The summed E-state index contributed by atoms with van der Waals surface area (Å²) in [5.41, 5.74) is 6.86. The zero-order valence-corrected chi connectivity index (χ0v) is 13.2. The van der Waals surface area contributed by atoms with Gasteiger partial charge in [-0.2, -0.15) is 9.57 Å². The summed E-state index contributed by atoms with van der Waals surface area (Å²) in [5.74, 6) is 0.261. The quantitative estimate of drug-likeness (QED) is 0.919. The van der Waals surface area contributed by atoms with Crippen molar-refractivity contribution in [3.05, 3.63) is 29.3 Å². The van der Waals surface area contributed by atoms with Crippen LogP contribution >= 0.6 is 0 Å². The van der Waals surface area contributed by atoms with Crippen LogP contribution < -0.4 is 5.73 Å². The van der Waals surface area contributed by atoms with Crippen molar-refractivity contribution in [2.45, 2.75) is 37.6 Å². The van der Waals surface area contributed by atoms with Crippen LogP contribution in [0.15, 0.2) is 23.1 Å². The van der Waals surface area contributed by atoms with E-state index in [0.29, 0.717) is 24.2 Å². The molecule has 0 aliphatic carbocycles. The Morgan fingerprint density at radius 3 is 2.76 bits per heavy atom. The molecule has 1 aliphatic rings. The summed E-state index contributed by atoms with van der Waals surface area (Å²) in [6.45, 7) is 4.60. The van der Waals surface area contributed by atoms with Gasteiger partial charge in [-0.05, 0) is 49.4 Å². The molecule has 0 spiro atoms. The lowest BCUT2D eigenvalue weighted by atomic mass is 9.93. The second-order valence-corrected chi connectivity index (χ2v) is 7.49. The molecule has 2 rings (SSSR count). The van der Waals surface area contributed by atoms with Crippen molar-refractivity contribution in [1.29, 1.82) is 5.26 Å². The highest BCUT2D eigenvalue weighted by Gasteiger charge is 2.36. The Bertz CT molecular complexity index is 664. The van der Waals surface area contributed by atoms with E-state index >= 15 is 0 Å². The van der Waals surface area contributed by atoms with Gasteiger partial charge < -0.3 is 5.73 Å². The van der Waals surface area contributed by atoms with E-state index in [4.69, 9.17) is 11.0 Å². The summed E-state index contributed by atoms with van der Waals surface area (Å²) in [6, 6.07) is 6.55. The average Bonchev–Trinajstić information content (AvgIpc) is 2.46. The highest BCUT2D eigenvalue weighted by Crippen LogP contribution is 2.30. The maximum atomic E-state index is 12.9. The van der Waals surface area contributed by atoms with Crippen LogP contribution in [0.4, 0.5) is 0 Å². The van der Waals surface area contributed by atoms with Gasteiger partial charge in [0.15, 0.2) is 0 Å². The monoisotopic (exact) mass is 307 g/mol. The van der Waals surface area contributed by atoms with E-state index in [2.05, 4.69) is 0 Å². The maximum Gasteiger partial charge on any atom is 0.243 e. The Morgan fingerprint density at radius 2 is 2.19 bits per heavy atom. The van der Waals surface area contributed by atoms with Crippen molar-refractivity contribution in [3.63, 3.8) is 0 Å². The second kappa shape index (κ2) is 6.14. The smallest absolute Gasteiger partial charge is 0.243 e. The Morgan fingerprint density at radius 1 is 1.48 bits per heavy atom. The predicted molar refractivity (Wildman–Crippen MR) is 81.0 cm³/mol. The fourth-order valence-electron chi connectivity index (χ4n) is 2.99. The van der Waals surface area contributed by atoms with E-state index in [9.17, 15) is 8.42 Å². The topological polar surface area (TPSA) is 87.2 Å². The Kier molecular flexibility index (Phi) is 4.67. The van der Waals surface area contributed by atoms with Gasteiger partial charge in [-0.3, -0.25) is 0 Å². The summed E-state index contributed by atoms with van der Waals surface area (Å²) >= 11 is 0. The minimum atomic E-state index is -3.57. The molecule has 0 bridgehead atoms. The van der Waals surface area contributed by atoms with E-state index in [1.807, 2.05) is 13.0 Å². The molecule has 6 heteroatoms. The van der Waals surface area contributed by atoms with Gasteiger partial charge in [0.25, 0.3) is 0 Å². The number of nitrogens with two attached hydrogens (primary N) is 1. The van der Waals surface area contributed by atoms with Gasteiger partial charge in [-0.15, -0.1) is 0 Å². The van der Waals surface area contributed by atoms with Gasteiger partial charge in [-0.1, -0.05) is 6.92 Å².